The molecule has 2 fully saturated rings. The van der Waals surface area contributed by atoms with E-state index in [0.717, 1.165) is 22.1 Å². The van der Waals surface area contributed by atoms with Gasteiger partial charge in [-0.2, -0.15) is 18.4 Å². The molecule has 9 nitrogen and oxygen atoms in total. The van der Waals surface area contributed by atoms with Gasteiger partial charge in [0.25, 0.3) is 5.91 Å². The first-order valence-corrected chi connectivity index (χ1v) is 11.2. The molecular weight excluding hydrogens is 477 g/mol. The van der Waals surface area contributed by atoms with Crippen LogP contribution in [0.25, 0.3) is 10.9 Å². The predicted molar refractivity (Wildman–Crippen MR) is 120 cm³/mol. The van der Waals surface area contributed by atoms with E-state index >= 15 is 0 Å². The van der Waals surface area contributed by atoms with Crippen LogP contribution in [0.1, 0.15) is 36.8 Å². The largest absolute Gasteiger partial charge is 0.474 e. The average molecular weight is 496 g/mol. The molecule has 0 spiro atoms. The number of hydrogen-bond donors (Lipinski definition) is 0. The van der Waals surface area contributed by atoms with E-state index in [4.69, 9.17) is 10.00 Å². The number of imide groups is 1. The highest BCUT2D eigenvalue weighted by Crippen LogP contribution is 2.34. The van der Waals surface area contributed by atoms with Gasteiger partial charge in [0, 0.05) is 12.2 Å². The molecule has 0 atom stereocenters. The zero-order chi connectivity index (χ0) is 25.4. The van der Waals surface area contributed by atoms with Gasteiger partial charge in [0.05, 0.1) is 40.0 Å². The number of benzene rings is 1. The summed E-state index contributed by atoms with van der Waals surface area (Å²) in [6.45, 7) is -0.337. The van der Waals surface area contributed by atoms with Crippen LogP contribution in [0.2, 0.25) is 0 Å². The quantitative estimate of drug-likeness (QED) is 0.501. The lowest BCUT2D eigenvalue weighted by molar-refractivity contribution is -0.137. The van der Waals surface area contributed by atoms with Gasteiger partial charge < -0.3 is 4.74 Å². The van der Waals surface area contributed by atoms with Gasteiger partial charge in [0.2, 0.25) is 5.88 Å². The number of nitrogens with zero attached hydrogens (tertiary/aromatic N) is 6. The van der Waals surface area contributed by atoms with Gasteiger partial charge in [-0.3, -0.25) is 19.6 Å². The number of urea groups is 1. The van der Waals surface area contributed by atoms with Crippen molar-refractivity contribution in [2.24, 2.45) is 0 Å². The Morgan fingerprint density at radius 1 is 1.06 bits per heavy atom. The van der Waals surface area contributed by atoms with Crippen LogP contribution in [0.5, 0.6) is 5.88 Å². The van der Waals surface area contributed by atoms with Crippen LogP contribution in [0.15, 0.2) is 43.0 Å². The summed E-state index contributed by atoms with van der Waals surface area (Å²) in [5, 5.41) is 9.75. The number of ether oxygens (including phenoxy) is 1. The van der Waals surface area contributed by atoms with E-state index in [1.54, 1.807) is 18.2 Å². The fourth-order valence-electron chi connectivity index (χ4n) is 4.58. The number of anilines is 1. The molecule has 184 valence electrons. The first-order valence-electron chi connectivity index (χ1n) is 11.2. The van der Waals surface area contributed by atoms with E-state index in [1.165, 1.54) is 6.33 Å². The molecule has 5 rings (SSSR count). The number of hydrogen-bond acceptors (Lipinski definition) is 7. The maximum absolute atomic E-state index is 13.1. The maximum atomic E-state index is 13.1. The Labute approximate surface area is 203 Å². The second kappa shape index (κ2) is 9.07. The summed E-state index contributed by atoms with van der Waals surface area (Å²) in [4.78, 5) is 39.8. The number of alkyl halides is 3. The Morgan fingerprint density at radius 2 is 1.83 bits per heavy atom. The molecule has 0 N–H and O–H groups in total. The van der Waals surface area contributed by atoms with Gasteiger partial charge in [-0.05, 0) is 49.9 Å². The Balaban J connectivity index is 1.25. The molecule has 0 unspecified atom stereocenters. The SMILES string of the molecule is N#Cc1ccc2c(OC3CCC(N4C(=O)CN(c5cncc(C(F)(F)F)c5)C4=O)CC3)ncnc2c1. The number of fused-ring (bicyclic) bond motifs is 1. The highest BCUT2D eigenvalue weighted by atomic mass is 19.4. The van der Waals surface area contributed by atoms with Gasteiger partial charge >= 0.3 is 12.2 Å². The molecule has 1 aliphatic heterocycles. The number of halogens is 3. The normalized spacial score (nSPS) is 20.6. The zero-order valence-electron chi connectivity index (χ0n) is 18.8. The molecule has 2 aromatic heterocycles. The van der Waals surface area contributed by atoms with Crippen molar-refractivity contribution in [3.05, 3.63) is 54.1 Å². The van der Waals surface area contributed by atoms with E-state index < -0.39 is 23.7 Å². The second-order valence-electron chi connectivity index (χ2n) is 8.63. The van der Waals surface area contributed by atoms with Crippen LogP contribution in [0, 0.1) is 11.3 Å². The Kier molecular flexibility index (Phi) is 5.91. The summed E-state index contributed by atoms with van der Waals surface area (Å²) in [5.41, 5.74) is 0.00284. The number of pyridine rings is 1. The van der Waals surface area contributed by atoms with Crippen molar-refractivity contribution in [2.75, 3.05) is 11.4 Å². The monoisotopic (exact) mass is 496 g/mol. The van der Waals surface area contributed by atoms with Crippen molar-refractivity contribution in [3.8, 4) is 11.9 Å². The lowest BCUT2D eigenvalue weighted by atomic mass is 9.92. The molecule has 3 heterocycles. The summed E-state index contributed by atoms with van der Waals surface area (Å²) in [6, 6.07) is 6.89. The van der Waals surface area contributed by atoms with Crippen molar-refractivity contribution in [1.82, 2.24) is 19.9 Å². The number of nitriles is 1. The molecule has 1 aliphatic carbocycles. The molecule has 2 aliphatic rings. The highest BCUT2D eigenvalue weighted by molar-refractivity contribution is 6.12. The van der Waals surface area contributed by atoms with E-state index in [1.807, 2.05) is 0 Å². The number of amides is 3. The molecule has 0 bridgehead atoms. The highest BCUT2D eigenvalue weighted by Gasteiger charge is 2.43. The fraction of sp³-hybridized carbons (Fsp3) is 0.333. The van der Waals surface area contributed by atoms with Crippen molar-refractivity contribution >= 4 is 28.5 Å². The van der Waals surface area contributed by atoms with E-state index in [-0.39, 0.29) is 24.4 Å². The number of carbonyl (C=O) groups is 2. The van der Waals surface area contributed by atoms with Gasteiger partial charge in [-0.15, -0.1) is 0 Å². The number of rotatable bonds is 4. The van der Waals surface area contributed by atoms with Crippen LogP contribution in [0.3, 0.4) is 0 Å². The first-order chi connectivity index (χ1) is 17.2. The summed E-state index contributed by atoms with van der Waals surface area (Å²) >= 11 is 0. The average Bonchev–Trinajstić information content (AvgIpc) is 3.17. The van der Waals surface area contributed by atoms with Gasteiger partial charge in [0.1, 0.15) is 19.0 Å². The smallest absolute Gasteiger partial charge is 0.417 e. The molecule has 1 saturated heterocycles. The first kappa shape index (κ1) is 23.5. The van der Waals surface area contributed by atoms with Gasteiger partial charge in [-0.25, -0.2) is 14.8 Å². The molecule has 0 radical (unpaired) electrons. The summed E-state index contributed by atoms with van der Waals surface area (Å²) < 4.78 is 45.3. The third kappa shape index (κ3) is 4.39. The minimum atomic E-state index is -4.61. The van der Waals surface area contributed by atoms with Crippen LogP contribution in [0.4, 0.5) is 23.7 Å². The fourth-order valence-corrected chi connectivity index (χ4v) is 4.58. The minimum Gasteiger partial charge on any atom is -0.474 e. The molecule has 3 amide bonds. The van der Waals surface area contributed by atoms with Crippen LogP contribution in [-0.2, 0) is 11.0 Å². The standard InChI is InChI=1S/C24H19F3N6O3/c25-24(26,27)15-8-17(11-29-10-15)32-12-21(34)33(23(32)35)16-2-4-18(5-3-16)36-22-19-6-1-14(9-28)7-20(19)30-13-31-22/h1,6-8,10-11,13,16,18H,2-5,12H2. The molecule has 1 aromatic carbocycles. The summed E-state index contributed by atoms with van der Waals surface area (Å²) in [7, 11) is 0. The molecule has 1 saturated carbocycles. The number of aromatic nitrogens is 3. The lowest BCUT2D eigenvalue weighted by Gasteiger charge is -2.33. The third-order valence-electron chi connectivity index (χ3n) is 6.38. The van der Waals surface area contributed by atoms with E-state index in [2.05, 4.69) is 21.0 Å². The molecule has 12 heteroatoms. The van der Waals surface area contributed by atoms with Crippen LogP contribution < -0.4 is 9.64 Å². The second-order valence-corrected chi connectivity index (χ2v) is 8.63. The Hall–Kier alpha value is -4.27. The van der Waals surface area contributed by atoms with Crippen molar-refractivity contribution in [2.45, 2.75) is 44.0 Å². The third-order valence-corrected chi connectivity index (χ3v) is 6.38. The molecule has 36 heavy (non-hydrogen) atoms. The Bertz CT molecular complexity index is 1380. The minimum absolute atomic E-state index is 0.0714. The summed E-state index contributed by atoms with van der Waals surface area (Å²) in [6.07, 6.45) is 0.435. The predicted octanol–water partition coefficient (Wildman–Crippen LogP) is 4.07. The molecule has 3 aromatic rings. The van der Waals surface area contributed by atoms with E-state index in [9.17, 15) is 22.8 Å². The van der Waals surface area contributed by atoms with Crippen LogP contribution in [-0.4, -0.2) is 50.5 Å². The summed E-state index contributed by atoms with van der Waals surface area (Å²) in [5.74, 6) is -0.0682. The lowest BCUT2D eigenvalue weighted by Crippen LogP contribution is -2.44. The van der Waals surface area contributed by atoms with E-state index in [0.29, 0.717) is 54.2 Å². The zero-order valence-corrected chi connectivity index (χ0v) is 18.8. The van der Waals surface area contributed by atoms with Crippen LogP contribution >= 0.6 is 0 Å². The Morgan fingerprint density at radius 3 is 2.56 bits per heavy atom. The topological polar surface area (TPSA) is 112 Å². The maximum Gasteiger partial charge on any atom is 0.417 e. The number of carbonyl (C=O) groups excluding carboxylic acids is 2. The van der Waals surface area contributed by atoms with Crippen molar-refractivity contribution < 1.29 is 27.5 Å². The molecular formula is C24H19F3N6O3. The van der Waals surface area contributed by atoms with Crippen molar-refractivity contribution in [3.63, 3.8) is 0 Å². The van der Waals surface area contributed by atoms with Gasteiger partial charge in [-0.1, -0.05) is 0 Å². The van der Waals surface area contributed by atoms with Gasteiger partial charge in [0.15, 0.2) is 0 Å². The van der Waals surface area contributed by atoms with Crippen molar-refractivity contribution in [1.29, 1.82) is 5.26 Å².